The zero-order valence-electron chi connectivity index (χ0n) is 4.37. The number of carbonyl (C=O) groups is 1. The Kier molecular flexibility index (Phi) is 1.78. The molecular formula is C5H4O2S2. The quantitative estimate of drug-likeness (QED) is 0.614. The molecule has 9 heavy (non-hydrogen) atoms. The van der Waals surface area contributed by atoms with E-state index in [1.165, 1.54) is 11.3 Å². The highest BCUT2D eigenvalue weighted by atomic mass is 32.1. The molecule has 1 heterocycles. The smallest absolute Gasteiger partial charge is 0.337 e. The van der Waals surface area contributed by atoms with Crippen molar-refractivity contribution < 1.29 is 9.90 Å². The Hall–Kier alpha value is -0.480. The summed E-state index contributed by atoms with van der Waals surface area (Å²) in [7, 11) is 0. The van der Waals surface area contributed by atoms with E-state index in [9.17, 15) is 4.79 Å². The van der Waals surface area contributed by atoms with Crippen molar-refractivity contribution in [3.8, 4) is 0 Å². The van der Waals surface area contributed by atoms with Crippen molar-refractivity contribution in [2.75, 3.05) is 0 Å². The largest absolute Gasteiger partial charge is 0.478 e. The number of carboxylic acids is 1. The monoisotopic (exact) mass is 160 g/mol. The van der Waals surface area contributed by atoms with E-state index in [0.717, 1.165) is 0 Å². The van der Waals surface area contributed by atoms with Crippen molar-refractivity contribution in [3.63, 3.8) is 0 Å². The first-order valence-electron chi connectivity index (χ1n) is 2.20. The first-order valence-corrected chi connectivity index (χ1v) is 3.59. The van der Waals surface area contributed by atoms with Gasteiger partial charge < -0.3 is 5.11 Å². The molecule has 2 nitrogen and oxygen atoms in total. The molecule has 0 radical (unpaired) electrons. The van der Waals surface area contributed by atoms with Gasteiger partial charge in [0.2, 0.25) is 0 Å². The van der Waals surface area contributed by atoms with E-state index in [-0.39, 0.29) is 5.56 Å². The van der Waals surface area contributed by atoms with Crippen molar-refractivity contribution in [2.24, 2.45) is 0 Å². The Morgan fingerprint density at radius 3 is 2.56 bits per heavy atom. The third kappa shape index (κ3) is 1.25. The topological polar surface area (TPSA) is 37.3 Å². The van der Waals surface area contributed by atoms with Gasteiger partial charge in [-0.15, -0.1) is 12.6 Å². The van der Waals surface area contributed by atoms with Crippen LogP contribution in [0, 0.1) is 0 Å². The van der Waals surface area contributed by atoms with E-state index in [1.54, 1.807) is 10.8 Å². The minimum Gasteiger partial charge on any atom is -0.478 e. The lowest BCUT2D eigenvalue weighted by atomic mass is 10.3. The van der Waals surface area contributed by atoms with Gasteiger partial charge in [0.05, 0.1) is 5.56 Å². The fourth-order valence-corrected chi connectivity index (χ4v) is 1.57. The summed E-state index contributed by atoms with van der Waals surface area (Å²) in [5.41, 5.74) is 0.281. The van der Waals surface area contributed by atoms with Gasteiger partial charge in [-0.1, -0.05) is 0 Å². The number of carboxylic acid groups (broad SMARTS) is 1. The number of hydrogen-bond acceptors (Lipinski definition) is 3. The molecule has 0 aliphatic heterocycles. The van der Waals surface area contributed by atoms with Crippen molar-refractivity contribution >= 4 is 29.9 Å². The first kappa shape index (κ1) is 6.64. The van der Waals surface area contributed by atoms with Gasteiger partial charge in [-0.05, 0) is 0 Å². The van der Waals surface area contributed by atoms with Crippen LogP contribution in [0.1, 0.15) is 10.4 Å². The van der Waals surface area contributed by atoms with E-state index in [2.05, 4.69) is 12.6 Å². The van der Waals surface area contributed by atoms with Gasteiger partial charge >= 0.3 is 5.97 Å². The average molecular weight is 160 g/mol. The summed E-state index contributed by atoms with van der Waals surface area (Å²) in [4.78, 5) is 10.8. The second-order valence-corrected chi connectivity index (χ2v) is 2.70. The van der Waals surface area contributed by atoms with Crippen LogP contribution in [0.3, 0.4) is 0 Å². The van der Waals surface area contributed by atoms with E-state index < -0.39 is 5.97 Å². The molecule has 48 valence electrons. The fraction of sp³-hybridized carbons (Fsp3) is 0. The number of thiol groups is 1. The van der Waals surface area contributed by atoms with Gasteiger partial charge in [0, 0.05) is 15.7 Å². The van der Waals surface area contributed by atoms with Gasteiger partial charge in [-0.2, -0.15) is 11.3 Å². The summed E-state index contributed by atoms with van der Waals surface area (Å²) in [5.74, 6) is -0.916. The standard InChI is InChI=1S/C5H4O2S2/c6-5(7)3-1-9-2-4(3)8/h1-2,8H,(H,6,7). The van der Waals surface area contributed by atoms with E-state index in [4.69, 9.17) is 5.11 Å². The Morgan fingerprint density at radius 1 is 1.67 bits per heavy atom. The molecule has 4 heteroatoms. The van der Waals surface area contributed by atoms with Crippen LogP contribution in [0.5, 0.6) is 0 Å². The fourth-order valence-electron chi connectivity index (χ4n) is 0.450. The molecule has 0 spiro atoms. The molecule has 0 saturated carbocycles. The van der Waals surface area contributed by atoms with Gasteiger partial charge in [-0.25, -0.2) is 4.79 Å². The van der Waals surface area contributed by atoms with Gasteiger partial charge in [-0.3, -0.25) is 0 Å². The van der Waals surface area contributed by atoms with Crippen LogP contribution in [0.4, 0.5) is 0 Å². The predicted octanol–water partition coefficient (Wildman–Crippen LogP) is 1.73. The number of rotatable bonds is 1. The Labute approximate surface area is 61.5 Å². The van der Waals surface area contributed by atoms with Crippen molar-refractivity contribution in [1.82, 2.24) is 0 Å². The number of hydrogen-bond donors (Lipinski definition) is 2. The lowest BCUT2D eigenvalue weighted by Crippen LogP contribution is -1.93. The molecular weight excluding hydrogens is 156 g/mol. The molecule has 1 aromatic rings. The van der Waals surface area contributed by atoms with Crippen LogP contribution in [-0.2, 0) is 0 Å². The molecule has 1 N–H and O–H groups in total. The van der Waals surface area contributed by atoms with Crippen LogP contribution in [-0.4, -0.2) is 11.1 Å². The van der Waals surface area contributed by atoms with Crippen LogP contribution >= 0.6 is 24.0 Å². The Morgan fingerprint density at radius 2 is 2.33 bits per heavy atom. The molecule has 0 fully saturated rings. The van der Waals surface area contributed by atoms with Crippen LogP contribution in [0.2, 0.25) is 0 Å². The summed E-state index contributed by atoms with van der Waals surface area (Å²) in [6.07, 6.45) is 0. The molecule has 0 aliphatic carbocycles. The zero-order chi connectivity index (χ0) is 6.85. The van der Waals surface area contributed by atoms with E-state index in [1.807, 2.05) is 0 Å². The van der Waals surface area contributed by atoms with Crippen molar-refractivity contribution in [2.45, 2.75) is 4.90 Å². The van der Waals surface area contributed by atoms with Gasteiger partial charge in [0.15, 0.2) is 0 Å². The summed E-state index contributed by atoms with van der Waals surface area (Å²) in [6, 6.07) is 0. The summed E-state index contributed by atoms with van der Waals surface area (Å²) in [5, 5.41) is 11.7. The second-order valence-electron chi connectivity index (χ2n) is 1.48. The number of aromatic carboxylic acids is 1. The third-order valence-corrected chi connectivity index (χ3v) is 2.16. The summed E-state index contributed by atoms with van der Waals surface area (Å²) >= 11 is 5.26. The normalized spacial score (nSPS) is 9.44. The molecule has 1 rings (SSSR count). The van der Waals surface area contributed by atoms with Crippen LogP contribution in [0.25, 0.3) is 0 Å². The van der Waals surface area contributed by atoms with Crippen LogP contribution < -0.4 is 0 Å². The summed E-state index contributed by atoms with van der Waals surface area (Å²) in [6.45, 7) is 0. The molecule has 0 bridgehead atoms. The highest BCUT2D eigenvalue weighted by Gasteiger charge is 2.06. The van der Waals surface area contributed by atoms with Gasteiger partial charge in [0.1, 0.15) is 0 Å². The second kappa shape index (κ2) is 2.41. The first-order chi connectivity index (χ1) is 4.22. The van der Waals surface area contributed by atoms with Gasteiger partial charge in [0.25, 0.3) is 0 Å². The van der Waals surface area contributed by atoms with E-state index >= 15 is 0 Å². The maximum Gasteiger partial charge on any atom is 0.337 e. The molecule has 0 aliphatic rings. The average Bonchev–Trinajstić information content (AvgIpc) is 2.13. The third-order valence-electron chi connectivity index (χ3n) is 0.872. The van der Waals surface area contributed by atoms with Crippen LogP contribution in [0.15, 0.2) is 15.7 Å². The van der Waals surface area contributed by atoms with Crippen molar-refractivity contribution in [1.29, 1.82) is 0 Å². The van der Waals surface area contributed by atoms with E-state index in [0.29, 0.717) is 4.90 Å². The molecule has 1 aromatic heterocycles. The molecule has 0 aromatic carbocycles. The molecule has 0 saturated heterocycles. The Balaban J connectivity index is 3.08. The minimum atomic E-state index is -0.916. The zero-order valence-corrected chi connectivity index (χ0v) is 6.08. The number of thiophene rings is 1. The maximum atomic E-state index is 10.2. The highest BCUT2D eigenvalue weighted by molar-refractivity contribution is 7.80. The molecule has 0 unspecified atom stereocenters. The van der Waals surface area contributed by atoms with Crippen molar-refractivity contribution in [3.05, 3.63) is 16.3 Å². The lowest BCUT2D eigenvalue weighted by Gasteiger charge is -1.85. The predicted molar refractivity (Wildman–Crippen MR) is 38.5 cm³/mol. The lowest BCUT2D eigenvalue weighted by molar-refractivity contribution is 0.0694. The highest BCUT2D eigenvalue weighted by Crippen LogP contribution is 2.17. The Bertz CT molecular complexity index is 229. The SMILES string of the molecule is O=C(O)c1cscc1S. The summed E-state index contributed by atoms with van der Waals surface area (Å²) < 4.78 is 0. The molecule has 0 amide bonds. The maximum absolute atomic E-state index is 10.2. The minimum absolute atomic E-state index is 0.281. The molecule has 0 atom stereocenters.